The first-order valence-electron chi connectivity index (χ1n) is 30.7. The molecule has 4 aromatic carbocycles. The van der Waals surface area contributed by atoms with Crippen LogP contribution in [0.4, 0.5) is 0 Å². The Morgan fingerprint density at radius 1 is 0.479 bits per heavy atom. The van der Waals surface area contributed by atoms with Crippen LogP contribution in [0.2, 0.25) is 0 Å². The molecule has 2 aliphatic carbocycles. The molecule has 0 aromatic heterocycles. The number of hydrogen-bond acceptors (Lipinski definition) is 30. The van der Waals surface area contributed by atoms with Crippen molar-refractivity contribution in [1.29, 1.82) is 0 Å². The summed E-state index contributed by atoms with van der Waals surface area (Å²) in [5, 5.41) is 44.2. The fourth-order valence-corrected chi connectivity index (χ4v) is 14.6. The number of phosphoric ester groups is 1. The van der Waals surface area contributed by atoms with E-state index < -0.39 is 156 Å². The predicted octanol–water partition coefficient (Wildman–Crippen LogP) is 3.60. The Hall–Kier alpha value is -6.36. The second kappa shape index (κ2) is 27.4. The zero-order valence-electron chi connectivity index (χ0n) is 53.0. The summed E-state index contributed by atoms with van der Waals surface area (Å²) in [6, 6.07) is 13.8. The van der Waals surface area contributed by atoms with Gasteiger partial charge in [0.15, 0.2) is 85.3 Å². The molecule has 8 aliphatic heterocycles. The fourth-order valence-electron chi connectivity index (χ4n) is 14.1. The highest BCUT2D eigenvalue weighted by molar-refractivity contribution is 7.57. The molecule has 6 saturated heterocycles. The van der Waals surface area contributed by atoms with Crippen LogP contribution in [0.3, 0.4) is 0 Å². The molecule has 0 radical (unpaired) electrons. The van der Waals surface area contributed by atoms with Crippen LogP contribution in [0, 0.1) is 23.7 Å². The SMILES string of the molecule is COc1cc([C@@H]2c3cc4c(cc3C(OC3O[C@@H]5COC(C)OC5C(O)C3O)[C@H]3COC(=O)[C@H]23)OCO4)cc(OC)c1OCOP(=O)(O)O.COc1cc([C@@H]2c3cc4c(cc3C(OC3O[C@@H]5COC(C)OC5C(O)C3O)[C@H]3COC(=O)[C@H]23)OCO4)cc(OC)c1OCOP(C)(C)=O. The first-order chi connectivity index (χ1) is 45.9. The number of cyclic esters (lactones) is 2. The Balaban J connectivity index is 0.000000174. The van der Waals surface area contributed by atoms with Crippen molar-refractivity contribution >= 4 is 27.1 Å². The summed E-state index contributed by atoms with van der Waals surface area (Å²) in [5.74, 6) is -1.94. The third-order valence-corrected chi connectivity index (χ3v) is 19.6. The highest BCUT2D eigenvalue weighted by Gasteiger charge is 2.59. The lowest BCUT2D eigenvalue weighted by atomic mass is 9.66. The van der Waals surface area contributed by atoms with Gasteiger partial charge in [0.2, 0.25) is 31.9 Å². The molecule has 0 amide bonds. The van der Waals surface area contributed by atoms with Gasteiger partial charge in [-0.2, -0.15) is 0 Å². The van der Waals surface area contributed by atoms with E-state index in [1.54, 1.807) is 56.3 Å². The van der Waals surface area contributed by atoms with E-state index in [0.717, 1.165) is 0 Å². The van der Waals surface area contributed by atoms with Gasteiger partial charge >= 0.3 is 19.8 Å². The van der Waals surface area contributed by atoms with E-state index in [-0.39, 0.29) is 69.8 Å². The first-order valence-corrected chi connectivity index (χ1v) is 34.7. The monoisotopic (exact) mass is 1390 g/mol. The smallest absolute Gasteiger partial charge is 0.472 e. The molecule has 524 valence electrons. The molecule has 20 atom stereocenters. The minimum Gasteiger partial charge on any atom is -0.493 e. The minimum absolute atomic E-state index is 0.0102. The zero-order chi connectivity index (χ0) is 67.8. The second-order valence-electron chi connectivity index (χ2n) is 24.5. The number of methoxy groups -OCH3 is 4. The summed E-state index contributed by atoms with van der Waals surface area (Å²) >= 11 is 0. The van der Waals surface area contributed by atoms with E-state index in [9.17, 15) is 39.1 Å². The first kappa shape index (κ1) is 68.2. The van der Waals surface area contributed by atoms with E-state index in [4.69, 9.17) is 109 Å². The van der Waals surface area contributed by atoms with Gasteiger partial charge in [0.25, 0.3) is 0 Å². The van der Waals surface area contributed by atoms with Gasteiger partial charge in [0.1, 0.15) is 48.8 Å². The van der Waals surface area contributed by atoms with Crippen LogP contribution < -0.4 is 47.4 Å². The molecule has 10 aliphatic rings. The maximum atomic E-state index is 13.6. The van der Waals surface area contributed by atoms with Crippen LogP contribution in [0.25, 0.3) is 0 Å². The van der Waals surface area contributed by atoms with Gasteiger partial charge < -0.3 is 125 Å². The molecule has 34 heteroatoms. The lowest BCUT2D eigenvalue weighted by molar-refractivity contribution is -0.364. The number of carbonyl (C=O) groups is 2. The quantitative estimate of drug-likeness (QED) is 0.0471. The third kappa shape index (κ3) is 13.2. The summed E-state index contributed by atoms with van der Waals surface area (Å²) in [5.41, 5.74) is 3.78. The Labute approximate surface area is 548 Å². The van der Waals surface area contributed by atoms with Gasteiger partial charge in [-0.05, 0) is 95.8 Å². The molecular formula is C62H74O32P2. The van der Waals surface area contributed by atoms with E-state index >= 15 is 0 Å². The summed E-state index contributed by atoms with van der Waals surface area (Å²) < 4.78 is 149. The minimum atomic E-state index is -4.82. The molecule has 32 nitrogen and oxygen atoms in total. The van der Waals surface area contributed by atoms with Crippen LogP contribution in [0.15, 0.2) is 48.5 Å². The maximum absolute atomic E-state index is 13.6. The molecule has 6 fully saturated rings. The Morgan fingerprint density at radius 2 is 0.844 bits per heavy atom. The van der Waals surface area contributed by atoms with Crippen LogP contribution in [-0.2, 0) is 75.1 Å². The number of aliphatic hydroxyl groups is 4. The molecule has 96 heavy (non-hydrogen) atoms. The zero-order valence-corrected chi connectivity index (χ0v) is 54.8. The van der Waals surface area contributed by atoms with Gasteiger partial charge in [0.05, 0.1) is 78.9 Å². The van der Waals surface area contributed by atoms with Crippen molar-refractivity contribution in [2.24, 2.45) is 23.7 Å². The predicted molar refractivity (Wildman–Crippen MR) is 318 cm³/mol. The summed E-state index contributed by atoms with van der Waals surface area (Å²) in [6.07, 6.45) is -14.1. The van der Waals surface area contributed by atoms with Gasteiger partial charge in [-0.15, -0.1) is 0 Å². The number of carbonyl (C=O) groups excluding carboxylic acids is 2. The normalized spacial score (nSPS) is 33.7. The fraction of sp³-hybridized carbons (Fsp3) is 0.581. The summed E-state index contributed by atoms with van der Waals surface area (Å²) in [7, 11) is -1.96. The maximum Gasteiger partial charge on any atom is 0.472 e. The molecule has 12 unspecified atom stereocenters. The number of benzene rings is 4. The van der Waals surface area contributed by atoms with Gasteiger partial charge in [-0.25, -0.2) is 9.09 Å². The van der Waals surface area contributed by atoms with Crippen molar-refractivity contribution in [3.05, 3.63) is 81.9 Å². The molecule has 0 bridgehead atoms. The van der Waals surface area contributed by atoms with E-state index in [2.05, 4.69) is 4.52 Å². The summed E-state index contributed by atoms with van der Waals surface area (Å²) in [4.78, 5) is 45.3. The number of fused-ring (bicyclic) bond motifs is 8. The number of ether oxygens (including phenoxy) is 20. The van der Waals surface area contributed by atoms with Crippen LogP contribution in [0.5, 0.6) is 57.5 Å². The highest BCUT2D eigenvalue weighted by Crippen LogP contribution is 2.60. The lowest BCUT2D eigenvalue weighted by Gasteiger charge is -2.47. The Morgan fingerprint density at radius 3 is 1.20 bits per heavy atom. The van der Waals surface area contributed by atoms with Crippen molar-refractivity contribution < 1.29 is 153 Å². The highest BCUT2D eigenvalue weighted by atomic mass is 31.2. The Kier molecular flexibility index (Phi) is 19.5. The van der Waals surface area contributed by atoms with Crippen molar-refractivity contribution in [2.75, 3.05) is 95.4 Å². The van der Waals surface area contributed by atoms with Gasteiger partial charge in [0, 0.05) is 37.0 Å². The second-order valence-corrected chi connectivity index (χ2v) is 28.5. The third-order valence-electron chi connectivity index (χ3n) is 18.4. The average Bonchev–Trinajstić information content (AvgIpc) is 1.40. The van der Waals surface area contributed by atoms with Crippen molar-refractivity contribution in [1.82, 2.24) is 0 Å². The number of hydrogen-bond donors (Lipinski definition) is 6. The molecule has 6 N–H and O–H groups in total. The standard InChI is InChI=1S/C32H39O15P.C30H35O17P/c1-14-39-11-23-30(45-14)26(33)27(34)32(46-23)47-28-17-9-20-19(41-12-42-20)8-16(17)24(25-18(28)10-40-31(25)35)15-6-21(37-2)29(22(7-15)38-3)43-13-44-48(4,5)36;1-12-39-9-21-28(45-12)24(31)25(32)30(46-21)47-26-15-7-18-17(41-10-42-18)6-14(15)22(23-16(26)8-40-29(23)33)13-4-19(37-2)27(20(5-13)38-3)43-11-44-48(34,35)36/h6-9,14,18,23-28,30,32-34H,10-13H2,1-5H3;4-7,12,16,21-26,28,30-32H,8-11H2,1-3H3,(H2,34,35,36)/t14?,18-,23+,24+,25-,26?,27?,28?,30?,32?;12?,16-,21+,22+,23-,24?,25?,26?,28?,30?/m00/s1. The van der Waals surface area contributed by atoms with Gasteiger partial charge in [-0.1, -0.05) is 0 Å². The van der Waals surface area contributed by atoms with Gasteiger partial charge in [-0.3, -0.25) is 18.7 Å². The number of esters is 2. The molecule has 0 spiro atoms. The van der Waals surface area contributed by atoms with Crippen molar-refractivity contribution in [3.8, 4) is 57.5 Å². The topological polar surface area (TPSA) is 393 Å². The number of phosphoric acid groups is 1. The van der Waals surface area contributed by atoms with Crippen LogP contribution in [-0.4, -0.2) is 212 Å². The van der Waals surface area contributed by atoms with E-state index in [1.165, 1.54) is 41.8 Å². The Bertz CT molecular complexity index is 3370. The lowest BCUT2D eigenvalue weighted by Crippen LogP contribution is -2.63. The molecule has 14 rings (SSSR count). The van der Waals surface area contributed by atoms with Crippen molar-refractivity contribution in [2.45, 2.75) is 112 Å². The number of aliphatic hydroxyl groups excluding tert-OH is 4. The summed E-state index contributed by atoms with van der Waals surface area (Å²) in [6.45, 7) is 5.49. The molecule has 4 aromatic rings. The largest absolute Gasteiger partial charge is 0.493 e. The van der Waals surface area contributed by atoms with Crippen LogP contribution in [0.1, 0.15) is 71.3 Å². The van der Waals surface area contributed by atoms with Crippen LogP contribution >= 0.6 is 15.2 Å². The number of rotatable bonds is 18. The van der Waals surface area contributed by atoms with Crippen molar-refractivity contribution in [3.63, 3.8) is 0 Å². The molecular weight excluding hydrogens is 1320 g/mol. The molecule has 8 heterocycles. The van der Waals surface area contributed by atoms with E-state index in [1.807, 2.05) is 6.07 Å². The van der Waals surface area contributed by atoms with E-state index in [0.29, 0.717) is 67.9 Å². The average molecular weight is 1390 g/mol. The molecule has 0 saturated carbocycles.